The van der Waals surface area contributed by atoms with E-state index in [2.05, 4.69) is 0 Å². The normalized spacial score (nSPS) is 18.4. The van der Waals surface area contributed by atoms with Crippen LogP contribution in [0.2, 0.25) is 0 Å². The topological polar surface area (TPSA) is 94.5 Å². The van der Waals surface area contributed by atoms with E-state index in [1.165, 1.54) is 21.3 Å². The smallest absolute Gasteiger partial charge is 0.203 e. The van der Waals surface area contributed by atoms with Gasteiger partial charge in [-0.25, -0.2) is 8.42 Å². The lowest BCUT2D eigenvalue weighted by Crippen LogP contribution is -2.44. The fraction of sp³-hybridized carbons (Fsp3) is 0.625. The molecule has 1 atom stereocenters. The molecule has 0 spiro atoms. The Hall–Kier alpha value is -1.71. The van der Waals surface area contributed by atoms with Crippen LogP contribution < -0.4 is 18.9 Å². The molecule has 142 valence electrons. The Morgan fingerprint density at radius 1 is 1.08 bits per heavy atom. The third-order valence-corrected chi connectivity index (χ3v) is 5.60. The molecule has 1 heterocycles. The van der Waals surface area contributed by atoms with Crippen LogP contribution in [-0.2, 0) is 9.84 Å². The Kier molecular flexibility index (Phi) is 6.74. The summed E-state index contributed by atoms with van der Waals surface area (Å²) in [6.45, 7) is 1.30. The van der Waals surface area contributed by atoms with Gasteiger partial charge in [0.05, 0.1) is 32.8 Å². The lowest BCUT2D eigenvalue weighted by atomic mass is 10.2. The molecule has 1 fully saturated rings. The number of aliphatic hydroxyl groups is 1. The molecule has 1 aliphatic rings. The zero-order chi connectivity index (χ0) is 18.4. The molecule has 0 aromatic heterocycles. The van der Waals surface area contributed by atoms with E-state index in [0.29, 0.717) is 42.6 Å². The van der Waals surface area contributed by atoms with Gasteiger partial charge in [0, 0.05) is 31.8 Å². The number of hydrogen-bond donors (Lipinski definition) is 1. The monoisotopic (exact) mass is 375 g/mol. The molecule has 0 radical (unpaired) electrons. The molecule has 0 saturated carbocycles. The van der Waals surface area contributed by atoms with E-state index >= 15 is 0 Å². The summed E-state index contributed by atoms with van der Waals surface area (Å²) in [5, 5.41) is 10.1. The van der Waals surface area contributed by atoms with Gasteiger partial charge in [-0.1, -0.05) is 0 Å². The van der Waals surface area contributed by atoms with E-state index in [1.807, 2.05) is 4.90 Å². The summed E-state index contributed by atoms with van der Waals surface area (Å²) >= 11 is 0. The van der Waals surface area contributed by atoms with Crippen LogP contribution in [0, 0.1) is 0 Å². The molecular weight excluding hydrogens is 350 g/mol. The number of β-amino-alcohol motifs (C(OH)–C–C–N with tert-alkyl or cyclic N) is 1. The highest BCUT2D eigenvalue weighted by Crippen LogP contribution is 2.40. The Morgan fingerprint density at radius 3 is 2.12 bits per heavy atom. The van der Waals surface area contributed by atoms with Crippen molar-refractivity contribution in [1.82, 2.24) is 4.90 Å². The molecule has 8 nitrogen and oxygen atoms in total. The molecule has 2 rings (SSSR count). The van der Waals surface area contributed by atoms with Crippen molar-refractivity contribution in [2.45, 2.75) is 6.10 Å². The molecule has 25 heavy (non-hydrogen) atoms. The molecule has 1 saturated heterocycles. The summed E-state index contributed by atoms with van der Waals surface area (Å²) in [6, 6.07) is 3.31. The van der Waals surface area contributed by atoms with Crippen LogP contribution in [-0.4, -0.2) is 83.6 Å². The van der Waals surface area contributed by atoms with E-state index in [0.717, 1.165) is 0 Å². The largest absolute Gasteiger partial charge is 0.493 e. The summed E-state index contributed by atoms with van der Waals surface area (Å²) in [5.41, 5.74) is 0. The number of nitrogens with zero attached hydrogens (tertiary/aromatic N) is 1. The summed E-state index contributed by atoms with van der Waals surface area (Å²) in [7, 11) is 1.62. The van der Waals surface area contributed by atoms with Crippen molar-refractivity contribution in [2.75, 3.05) is 59.1 Å². The number of methoxy groups -OCH3 is 3. The number of benzene rings is 1. The lowest BCUT2D eigenvalue weighted by Gasteiger charge is -2.28. The minimum absolute atomic E-state index is 0.0713. The first-order valence-corrected chi connectivity index (χ1v) is 9.74. The van der Waals surface area contributed by atoms with Gasteiger partial charge in [-0.3, -0.25) is 4.90 Å². The minimum atomic E-state index is -2.92. The van der Waals surface area contributed by atoms with Crippen molar-refractivity contribution in [3.8, 4) is 23.0 Å². The SMILES string of the molecule is COc1cc(OCC(O)CN2CCS(=O)(=O)CC2)cc(OC)c1OC. The summed E-state index contributed by atoms with van der Waals surface area (Å²) < 4.78 is 44.2. The van der Waals surface area contributed by atoms with Gasteiger partial charge in [-0.05, 0) is 0 Å². The van der Waals surface area contributed by atoms with Crippen LogP contribution in [0.4, 0.5) is 0 Å². The zero-order valence-corrected chi connectivity index (χ0v) is 15.5. The average molecular weight is 375 g/mol. The standard InChI is InChI=1S/C16H25NO7S/c1-21-14-8-13(9-15(22-2)16(14)23-3)24-11-12(18)10-17-4-6-25(19,20)7-5-17/h8-9,12,18H,4-7,10-11H2,1-3H3. The molecule has 1 aromatic rings. The molecule has 1 aliphatic heterocycles. The maximum absolute atomic E-state index is 11.4. The minimum Gasteiger partial charge on any atom is -0.493 e. The third-order valence-electron chi connectivity index (χ3n) is 3.99. The van der Waals surface area contributed by atoms with Crippen LogP contribution >= 0.6 is 0 Å². The molecule has 1 N–H and O–H groups in total. The van der Waals surface area contributed by atoms with Gasteiger partial charge in [0.15, 0.2) is 21.3 Å². The molecule has 1 aromatic carbocycles. The van der Waals surface area contributed by atoms with Crippen molar-refractivity contribution < 1.29 is 32.5 Å². The Bertz CT molecular complexity index is 638. The van der Waals surface area contributed by atoms with Crippen LogP contribution in [0.25, 0.3) is 0 Å². The lowest BCUT2D eigenvalue weighted by molar-refractivity contribution is 0.0708. The predicted molar refractivity (Wildman–Crippen MR) is 92.7 cm³/mol. The molecule has 0 amide bonds. The Labute approximate surface area is 148 Å². The van der Waals surface area contributed by atoms with E-state index < -0.39 is 15.9 Å². The van der Waals surface area contributed by atoms with Gasteiger partial charge in [0.2, 0.25) is 5.75 Å². The van der Waals surface area contributed by atoms with Crippen molar-refractivity contribution >= 4 is 9.84 Å². The fourth-order valence-electron chi connectivity index (χ4n) is 2.62. The van der Waals surface area contributed by atoms with E-state index in [4.69, 9.17) is 18.9 Å². The second kappa shape index (κ2) is 8.59. The molecular formula is C16H25NO7S. The highest BCUT2D eigenvalue weighted by molar-refractivity contribution is 7.91. The number of rotatable bonds is 8. The number of hydrogen-bond acceptors (Lipinski definition) is 8. The number of aliphatic hydroxyl groups excluding tert-OH is 1. The first-order chi connectivity index (χ1) is 11.9. The molecule has 9 heteroatoms. The molecule has 0 bridgehead atoms. The van der Waals surface area contributed by atoms with Crippen molar-refractivity contribution in [2.24, 2.45) is 0 Å². The second-order valence-corrected chi connectivity index (χ2v) is 8.08. The molecule has 0 aliphatic carbocycles. The zero-order valence-electron chi connectivity index (χ0n) is 14.7. The predicted octanol–water partition coefficient (Wildman–Crippen LogP) is 0.183. The quantitative estimate of drug-likeness (QED) is 0.688. The molecule has 1 unspecified atom stereocenters. The number of ether oxygens (including phenoxy) is 4. The Morgan fingerprint density at radius 2 is 1.64 bits per heavy atom. The van der Waals surface area contributed by atoms with Crippen LogP contribution in [0.15, 0.2) is 12.1 Å². The van der Waals surface area contributed by atoms with Gasteiger partial charge in [-0.15, -0.1) is 0 Å². The first kappa shape index (κ1) is 19.6. The summed E-state index contributed by atoms with van der Waals surface area (Å²) in [4.78, 5) is 1.92. The van der Waals surface area contributed by atoms with E-state index in [1.54, 1.807) is 12.1 Å². The Balaban J connectivity index is 1.92. The van der Waals surface area contributed by atoms with Crippen LogP contribution in [0.1, 0.15) is 0 Å². The van der Waals surface area contributed by atoms with Crippen LogP contribution in [0.5, 0.6) is 23.0 Å². The second-order valence-electron chi connectivity index (χ2n) is 5.78. The fourth-order valence-corrected chi connectivity index (χ4v) is 3.89. The van der Waals surface area contributed by atoms with Gasteiger partial charge < -0.3 is 24.1 Å². The van der Waals surface area contributed by atoms with Crippen LogP contribution in [0.3, 0.4) is 0 Å². The highest BCUT2D eigenvalue weighted by Gasteiger charge is 2.23. The van der Waals surface area contributed by atoms with Crippen molar-refractivity contribution in [3.05, 3.63) is 12.1 Å². The highest BCUT2D eigenvalue weighted by atomic mass is 32.2. The average Bonchev–Trinajstić information content (AvgIpc) is 2.60. The van der Waals surface area contributed by atoms with Gasteiger partial charge in [0.25, 0.3) is 0 Å². The van der Waals surface area contributed by atoms with E-state index in [-0.39, 0.29) is 18.1 Å². The van der Waals surface area contributed by atoms with Gasteiger partial charge in [0.1, 0.15) is 18.5 Å². The summed E-state index contributed by atoms with van der Waals surface area (Å²) in [5.74, 6) is 2.14. The van der Waals surface area contributed by atoms with Gasteiger partial charge >= 0.3 is 0 Å². The van der Waals surface area contributed by atoms with Crippen molar-refractivity contribution in [1.29, 1.82) is 0 Å². The van der Waals surface area contributed by atoms with Gasteiger partial charge in [-0.2, -0.15) is 0 Å². The maximum atomic E-state index is 11.4. The number of sulfone groups is 1. The maximum Gasteiger partial charge on any atom is 0.203 e. The first-order valence-electron chi connectivity index (χ1n) is 7.92. The van der Waals surface area contributed by atoms with E-state index in [9.17, 15) is 13.5 Å². The van der Waals surface area contributed by atoms with Crippen molar-refractivity contribution in [3.63, 3.8) is 0 Å². The summed E-state index contributed by atoms with van der Waals surface area (Å²) in [6.07, 6.45) is -0.736. The third kappa shape index (κ3) is 5.38.